The molecule has 1 aromatic carbocycles. The highest BCUT2D eigenvalue weighted by atomic mass is 35.5. The minimum Gasteiger partial charge on any atom is -0.236 e. The lowest BCUT2D eigenvalue weighted by Gasteiger charge is -2.07. The van der Waals surface area contributed by atoms with Gasteiger partial charge in [0, 0.05) is 12.1 Å². The van der Waals surface area contributed by atoms with Crippen LogP contribution in [0.25, 0.3) is 5.69 Å². The van der Waals surface area contributed by atoms with Crippen molar-refractivity contribution in [1.82, 2.24) is 9.78 Å². The van der Waals surface area contributed by atoms with Crippen LogP contribution in [0.2, 0.25) is 5.02 Å². The van der Waals surface area contributed by atoms with Crippen molar-refractivity contribution in [1.29, 1.82) is 0 Å². The highest BCUT2D eigenvalue weighted by Gasteiger charge is 2.10. The summed E-state index contributed by atoms with van der Waals surface area (Å²) in [7, 11) is 0. The van der Waals surface area contributed by atoms with E-state index in [1.165, 1.54) is 23.1 Å². The fourth-order valence-corrected chi connectivity index (χ4v) is 1.70. The summed E-state index contributed by atoms with van der Waals surface area (Å²) in [6.45, 7) is 0. The van der Waals surface area contributed by atoms with Crippen LogP contribution in [0.4, 0.5) is 4.39 Å². The maximum Gasteiger partial charge on any atom is 0.149 e. The summed E-state index contributed by atoms with van der Waals surface area (Å²) in [5.74, 6) is -0.141. The van der Waals surface area contributed by atoms with Crippen LogP contribution in [0.15, 0.2) is 30.6 Å². The Labute approximate surface area is 96.2 Å². The Morgan fingerprint density at radius 1 is 1.40 bits per heavy atom. The summed E-state index contributed by atoms with van der Waals surface area (Å²) in [5, 5.41) is 4.40. The molecule has 2 nitrogen and oxygen atoms in total. The molecule has 2 rings (SSSR count). The van der Waals surface area contributed by atoms with E-state index in [0.717, 1.165) is 0 Å². The van der Waals surface area contributed by atoms with E-state index in [9.17, 15) is 4.39 Å². The number of nitrogens with zero attached hydrogens (tertiary/aromatic N) is 2. The molecule has 0 aliphatic carbocycles. The van der Waals surface area contributed by atoms with E-state index in [-0.39, 0.29) is 11.7 Å². The summed E-state index contributed by atoms with van der Waals surface area (Å²) in [6.07, 6.45) is 2.99. The van der Waals surface area contributed by atoms with Crippen molar-refractivity contribution in [3.63, 3.8) is 0 Å². The van der Waals surface area contributed by atoms with Crippen molar-refractivity contribution in [3.8, 4) is 5.69 Å². The second-order valence-corrected chi connectivity index (χ2v) is 3.69. The minimum absolute atomic E-state index is 0.227. The van der Waals surface area contributed by atoms with Crippen molar-refractivity contribution in [2.45, 2.75) is 5.88 Å². The molecule has 0 spiro atoms. The van der Waals surface area contributed by atoms with Crippen molar-refractivity contribution in [2.24, 2.45) is 0 Å². The van der Waals surface area contributed by atoms with Crippen molar-refractivity contribution in [3.05, 3.63) is 47.0 Å². The number of alkyl halides is 1. The molecule has 0 radical (unpaired) electrons. The van der Waals surface area contributed by atoms with Gasteiger partial charge in [-0.2, -0.15) is 5.10 Å². The Morgan fingerprint density at radius 2 is 2.20 bits per heavy atom. The Balaban J connectivity index is 2.60. The second kappa shape index (κ2) is 4.21. The third-order valence-electron chi connectivity index (χ3n) is 1.99. The fourth-order valence-electron chi connectivity index (χ4n) is 1.35. The molecule has 0 aliphatic rings. The van der Waals surface area contributed by atoms with Gasteiger partial charge in [0.05, 0.1) is 11.2 Å². The van der Waals surface area contributed by atoms with Crippen molar-refractivity contribution >= 4 is 23.2 Å². The molecule has 0 saturated heterocycles. The highest BCUT2D eigenvalue weighted by Crippen LogP contribution is 2.21. The van der Waals surface area contributed by atoms with Crippen molar-refractivity contribution in [2.75, 3.05) is 0 Å². The van der Waals surface area contributed by atoms with Gasteiger partial charge >= 0.3 is 0 Å². The smallest absolute Gasteiger partial charge is 0.149 e. The molecule has 0 N–H and O–H groups in total. The number of hydrogen-bond donors (Lipinski definition) is 0. The average molecular weight is 245 g/mol. The van der Waals surface area contributed by atoms with Crippen LogP contribution in [0.5, 0.6) is 0 Å². The zero-order valence-electron chi connectivity index (χ0n) is 7.62. The van der Waals surface area contributed by atoms with Crippen LogP contribution in [-0.4, -0.2) is 9.78 Å². The first-order valence-electron chi connectivity index (χ1n) is 4.26. The molecule has 15 heavy (non-hydrogen) atoms. The van der Waals surface area contributed by atoms with E-state index in [1.807, 2.05) is 0 Å². The molecule has 1 heterocycles. The predicted molar refractivity (Wildman–Crippen MR) is 58.1 cm³/mol. The van der Waals surface area contributed by atoms with Gasteiger partial charge in [0.15, 0.2) is 0 Å². The molecule has 0 saturated carbocycles. The largest absolute Gasteiger partial charge is 0.236 e. The summed E-state index contributed by atoms with van der Waals surface area (Å²) in [5.41, 5.74) is 1.02. The van der Waals surface area contributed by atoms with Crippen LogP contribution in [0.1, 0.15) is 5.56 Å². The van der Waals surface area contributed by atoms with Crippen LogP contribution >= 0.6 is 23.2 Å². The SMILES string of the molecule is Fc1cccc(CCl)c1-n1cc(Cl)cn1. The normalized spacial score (nSPS) is 10.6. The van der Waals surface area contributed by atoms with Crippen LogP contribution < -0.4 is 0 Å². The van der Waals surface area contributed by atoms with Gasteiger partial charge in [0.2, 0.25) is 0 Å². The first kappa shape index (κ1) is 10.5. The van der Waals surface area contributed by atoms with Gasteiger partial charge in [-0.15, -0.1) is 11.6 Å². The molecule has 0 bridgehead atoms. The molecule has 0 aliphatic heterocycles. The van der Waals surface area contributed by atoms with Gasteiger partial charge < -0.3 is 0 Å². The van der Waals surface area contributed by atoms with Crippen LogP contribution in [-0.2, 0) is 5.88 Å². The van der Waals surface area contributed by atoms with E-state index in [4.69, 9.17) is 23.2 Å². The van der Waals surface area contributed by atoms with E-state index < -0.39 is 0 Å². The second-order valence-electron chi connectivity index (χ2n) is 2.98. The van der Waals surface area contributed by atoms with Gasteiger partial charge in [0.1, 0.15) is 11.5 Å². The molecule has 5 heteroatoms. The molecule has 78 valence electrons. The zero-order chi connectivity index (χ0) is 10.8. The van der Waals surface area contributed by atoms with Gasteiger partial charge in [-0.3, -0.25) is 0 Å². The average Bonchev–Trinajstić information content (AvgIpc) is 2.64. The maximum atomic E-state index is 13.6. The monoisotopic (exact) mass is 244 g/mol. The van der Waals surface area contributed by atoms with E-state index >= 15 is 0 Å². The lowest BCUT2D eigenvalue weighted by Crippen LogP contribution is -2.02. The van der Waals surface area contributed by atoms with Crippen molar-refractivity contribution < 1.29 is 4.39 Å². The molecule has 0 unspecified atom stereocenters. The number of rotatable bonds is 2. The first-order chi connectivity index (χ1) is 7.22. The molecule has 0 fully saturated rings. The summed E-state index contributed by atoms with van der Waals surface area (Å²) < 4.78 is 15.0. The van der Waals surface area contributed by atoms with E-state index in [0.29, 0.717) is 16.3 Å². The number of halogens is 3. The Morgan fingerprint density at radius 3 is 2.80 bits per heavy atom. The van der Waals surface area contributed by atoms with E-state index in [1.54, 1.807) is 12.1 Å². The number of hydrogen-bond acceptors (Lipinski definition) is 1. The quantitative estimate of drug-likeness (QED) is 0.741. The molecular weight excluding hydrogens is 238 g/mol. The summed E-state index contributed by atoms with van der Waals surface area (Å²) >= 11 is 11.4. The Kier molecular flexibility index (Phi) is 2.93. The molecule has 1 aromatic heterocycles. The van der Waals surface area contributed by atoms with Gasteiger partial charge in [-0.25, -0.2) is 9.07 Å². The fraction of sp³-hybridized carbons (Fsp3) is 0.100. The molecular formula is C10H7Cl2FN2. The predicted octanol–water partition coefficient (Wildman–Crippen LogP) is 3.40. The number of para-hydroxylation sites is 1. The number of benzene rings is 1. The lowest BCUT2D eigenvalue weighted by molar-refractivity contribution is 0.608. The van der Waals surface area contributed by atoms with E-state index in [2.05, 4.69) is 5.10 Å². The third-order valence-corrected chi connectivity index (χ3v) is 2.48. The summed E-state index contributed by atoms with van der Waals surface area (Å²) in [6, 6.07) is 4.73. The topological polar surface area (TPSA) is 17.8 Å². The Hall–Kier alpha value is -1.06. The zero-order valence-corrected chi connectivity index (χ0v) is 9.13. The molecule has 0 atom stereocenters. The maximum absolute atomic E-state index is 13.6. The first-order valence-corrected chi connectivity index (χ1v) is 5.17. The van der Waals surface area contributed by atoms with Gasteiger partial charge in [-0.05, 0) is 11.6 Å². The van der Waals surface area contributed by atoms with Crippen LogP contribution in [0.3, 0.4) is 0 Å². The number of aromatic nitrogens is 2. The molecule has 0 amide bonds. The molecule has 2 aromatic rings. The Bertz CT molecular complexity index is 482. The standard InChI is InChI=1S/C10H7Cl2FN2/c11-4-7-2-1-3-9(13)10(7)15-6-8(12)5-14-15/h1-3,5-6H,4H2. The third kappa shape index (κ3) is 1.98. The van der Waals surface area contributed by atoms with Gasteiger partial charge in [-0.1, -0.05) is 23.7 Å². The highest BCUT2D eigenvalue weighted by molar-refractivity contribution is 6.30. The lowest BCUT2D eigenvalue weighted by atomic mass is 10.2. The summed E-state index contributed by atoms with van der Waals surface area (Å²) in [4.78, 5) is 0. The van der Waals surface area contributed by atoms with Gasteiger partial charge in [0.25, 0.3) is 0 Å². The van der Waals surface area contributed by atoms with Crippen LogP contribution in [0, 0.1) is 5.82 Å². The minimum atomic E-state index is -0.368.